The first-order valence-corrected chi connectivity index (χ1v) is 4.56. The summed E-state index contributed by atoms with van der Waals surface area (Å²) < 4.78 is 14.8. The smallest absolute Gasteiger partial charge is 0.384 e. The highest BCUT2D eigenvalue weighted by Gasteiger charge is 2.22. The molecule has 2 aliphatic rings. The van der Waals surface area contributed by atoms with Crippen molar-refractivity contribution in [2.75, 3.05) is 13.9 Å². The summed E-state index contributed by atoms with van der Waals surface area (Å²) in [4.78, 5) is 10.8. The Hall–Kier alpha value is -1.89. The molecule has 0 radical (unpaired) electrons. The summed E-state index contributed by atoms with van der Waals surface area (Å²) in [5.74, 6) is 6.25. The van der Waals surface area contributed by atoms with Crippen LogP contribution in [-0.4, -0.2) is 19.9 Å². The average molecular weight is 206 g/mol. The maximum absolute atomic E-state index is 10.8. The fourth-order valence-electron chi connectivity index (χ4n) is 1.39. The van der Waals surface area contributed by atoms with Gasteiger partial charge < -0.3 is 14.2 Å². The molecular weight excluding hydrogens is 196 g/mol. The molecule has 0 N–H and O–H groups in total. The lowest BCUT2D eigenvalue weighted by molar-refractivity contribution is -0.133. The normalized spacial score (nSPS) is 22.1. The molecule has 1 heterocycles. The first-order valence-electron chi connectivity index (χ1n) is 4.56. The van der Waals surface area contributed by atoms with E-state index in [2.05, 4.69) is 16.6 Å². The van der Waals surface area contributed by atoms with Gasteiger partial charge in [0.2, 0.25) is 6.79 Å². The van der Waals surface area contributed by atoms with Crippen molar-refractivity contribution in [3.8, 4) is 11.8 Å². The molecule has 0 bridgehead atoms. The van der Waals surface area contributed by atoms with Gasteiger partial charge in [0.25, 0.3) is 0 Å². The third-order valence-electron chi connectivity index (χ3n) is 2.15. The molecular formula is C11H10O4. The Bertz CT molecular complexity index is 395. The van der Waals surface area contributed by atoms with E-state index in [-0.39, 0.29) is 12.7 Å². The van der Waals surface area contributed by atoms with Crippen molar-refractivity contribution in [1.82, 2.24) is 0 Å². The molecule has 1 aliphatic heterocycles. The van der Waals surface area contributed by atoms with Gasteiger partial charge in [0.05, 0.1) is 7.11 Å². The minimum atomic E-state index is -0.522. The highest BCUT2D eigenvalue weighted by Crippen LogP contribution is 2.28. The van der Waals surface area contributed by atoms with Crippen LogP contribution in [0.3, 0.4) is 0 Å². The first kappa shape index (κ1) is 9.66. The SMILES string of the molecule is COC(=O)C#C[C@H]1C=CC2=C(C1)OCO2. The topological polar surface area (TPSA) is 44.8 Å². The standard InChI is InChI=1S/C11H10O4/c1-13-11(12)5-3-8-2-4-9-10(6-8)15-7-14-9/h2,4,8H,6-7H2,1H3/t8-/m1/s1. The molecule has 0 saturated heterocycles. The van der Waals surface area contributed by atoms with Gasteiger partial charge in [-0.05, 0) is 6.08 Å². The van der Waals surface area contributed by atoms with Gasteiger partial charge in [-0.2, -0.15) is 0 Å². The van der Waals surface area contributed by atoms with Gasteiger partial charge in [-0.3, -0.25) is 0 Å². The minimum absolute atomic E-state index is 0.00968. The van der Waals surface area contributed by atoms with Crippen LogP contribution in [0.4, 0.5) is 0 Å². The van der Waals surface area contributed by atoms with Gasteiger partial charge in [0, 0.05) is 18.3 Å². The Morgan fingerprint density at radius 2 is 2.47 bits per heavy atom. The largest absolute Gasteiger partial charge is 0.459 e. The lowest BCUT2D eigenvalue weighted by atomic mass is 9.99. The van der Waals surface area contributed by atoms with Gasteiger partial charge >= 0.3 is 5.97 Å². The Labute approximate surface area is 87.5 Å². The van der Waals surface area contributed by atoms with Crippen LogP contribution in [0.1, 0.15) is 6.42 Å². The maximum Gasteiger partial charge on any atom is 0.384 e. The number of carbonyl (C=O) groups is 1. The van der Waals surface area contributed by atoms with E-state index in [4.69, 9.17) is 9.47 Å². The van der Waals surface area contributed by atoms with Crippen LogP contribution in [0, 0.1) is 17.8 Å². The van der Waals surface area contributed by atoms with Gasteiger partial charge in [-0.25, -0.2) is 4.79 Å². The van der Waals surface area contributed by atoms with Gasteiger partial charge in [0.15, 0.2) is 5.76 Å². The Balaban J connectivity index is 2.01. The highest BCUT2D eigenvalue weighted by atomic mass is 16.7. The third-order valence-corrected chi connectivity index (χ3v) is 2.15. The van der Waals surface area contributed by atoms with Crippen molar-refractivity contribution >= 4 is 5.97 Å². The summed E-state index contributed by atoms with van der Waals surface area (Å²) in [5, 5.41) is 0. The molecule has 0 fully saturated rings. The Kier molecular flexibility index (Phi) is 2.64. The zero-order valence-corrected chi connectivity index (χ0v) is 8.28. The van der Waals surface area contributed by atoms with Crippen molar-refractivity contribution in [3.05, 3.63) is 23.7 Å². The Morgan fingerprint density at radius 1 is 1.60 bits per heavy atom. The summed E-state index contributed by atoms with van der Waals surface area (Å²) in [6.45, 7) is 0.270. The lowest BCUT2D eigenvalue weighted by Crippen LogP contribution is -2.03. The zero-order chi connectivity index (χ0) is 10.7. The number of methoxy groups -OCH3 is 1. The lowest BCUT2D eigenvalue weighted by Gasteiger charge is -2.09. The average Bonchev–Trinajstić information content (AvgIpc) is 2.72. The van der Waals surface area contributed by atoms with E-state index in [1.807, 2.05) is 12.2 Å². The van der Waals surface area contributed by atoms with Crippen molar-refractivity contribution in [1.29, 1.82) is 0 Å². The highest BCUT2D eigenvalue weighted by molar-refractivity contribution is 5.88. The van der Waals surface area contributed by atoms with Crippen LogP contribution in [0.25, 0.3) is 0 Å². The van der Waals surface area contributed by atoms with Gasteiger partial charge in [-0.15, -0.1) is 0 Å². The Morgan fingerprint density at radius 3 is 3.27 bits per heavy atom. The maximum atomic E-state index is 10.8. The van der Waals surface area contributed by atoms with Crippen LogP contribution in [0.2, 0.25) is 0 Å². The van der Waals surface area contributed by atoms with Crippen LogP contribution in [-0.2, 0) is 19.0 Å². The molecule has 0 aromatic carbocycles. The van der Waals surface area contributed by atoms with Gasteiger partial charge in [0.1, 0.15) is 5.76 Å². The molecule has 0 aromatic rings. The molecule has 15 heavy (non-hydrogen) atoms. The second kappa shape index (κ2) is 4.09. The molecule has 1 aliphatic carbocycles. The fourth-order valence-corrected chi connectivity index (χ4v) is 1.39. The number of hydrogen-bond acceptors (Lipinski definition) is 4. The van der Waals surface area contributed by atoms with E-state index in [0.717, 1.165) is 11.5 Å². The van der Waals surface area contributed by atoms with Crippen LogP contribution < -0.4 is 0 Å². The van der Waals surface area contributed by atoms with Crippen LogP contribution in [0.15, 0.2) is 23.7 Å². The third kappa shape index (κ3) is 2.13. The number of carbonyl (C=O) groups excluding carboxylic acids is 1. The summed E-state index contributed by atoms with van der Waals surface area (Å²) in [6, 6.07) is 0. The molecule has 0 spiro atoms. The predicted molar refractivity (Wildman–Crippen MR) is 51.1 cm³/mol. The molecule has 0 aromatic heterocycles. The second-order valence-electron chi connectivity index (χ2n) is 3.12. The molecule has 78 valence electrons. The second-order valence-corrected chi connectivity index (χ2v) is 3.12. The summed E-state index contributed by atoms with van der Waals surface area (Å²) in [7, 11) is 1.31. The van der Waals surface area contributed by atoms with E-state index in [9.17, 15) is 4.79 Å². The van der Waals surface area contributed by atoms with E-state index in [1.165, 1.54) is 7.11 Å². The number of rotatable bonds is 0. The molecule has 4 nitrogen and oxygen atoms in total. The van der Waals surface area contributed by atoms with Crippen molar-refractivity contribution in [3.63, 3.8) is 0 Å². The molecule has 1 atom stereocenters. The number of hydrogen-bond donors (Lipinski definition) is 0. The first-order chi connectivity index (χ1) is 7.29. The number of ether oxygens (including phenoxy) is 3. The van der Waals surface area contributed by atoms with E-state index >= 15 is 0 Å². The predicted octanol–water partition coefficient (Wildman–Crippen LogP) is 0.955. The van der Waals surface area contributed by atoms with Crippen LogP contribution in [0.5, 0.6) is 0 Å². The van der Waals surface area contributed by atoms with E-state index < -0.39 is 5.97 Å². The molecule has 0 saturated carbocycles. The summed E-state index contributed by atoms with van der Waals surface area (Å²) in [6.07, 6.45) is 4.36. The minimum Gasteiger partial charge on any atom is -0.459 e. The van der Waals surface area contributed by atoms with Crippen LogP contribution >= 0.6 is 0 Å². The summed E-state index contributed by atoms with van der Waals surface area (Å²) in [5.41, 5.74) is 0. The molecule has 0 unspecified atom stereocenters. The van der Waals surface area contributed by atoms with Crippen molar-refractivity contribution < 1.29 is 19.0 Å². The molecule has 4 heteroatoms. The monoisotopic (exact) mass is 206 g/mol. The van der Waals surface area contributed by atoms with E-state index in [1.54, 1.807) is 0 Å². The molecule has 2 rings (SSSR count). The number of allylic oxidation sites excluding steroid dienone is 3. The van der Waals surface area contributed by atoms with Gasteiger partial charge in [-0.1, -0.05) is 12.0 Å². The quantitative estimate of drug-likeness (QED) is 0.336. The zero-order valence-electron chi connectivity index (χ0n) is 8.28. The van der Waals surface area contributed by atoms with E-state index in [0.29, 0.717) is 6.42 Å². The number of esters is 1. The molecule has 0 amide bonds. The summed E-state index contributed by atoms with van der Waals surface area (Å²) >= 11 is 0. The van der Waals surface area contributed by atoms with Crippen molar-refractivity contribution in [2.24, 2.45) is 5.92 Å². The van der Waals surface area contributed by atoms with Crippen molar-refractivity contribution in [2.45, 2.75) is 6.42 Å². The fraction of sp³-hybridized carbons (Fsp3) is 0.364.